The van der Waals surface area contributed by atoms with Crippen LogP contribution in [0.1, 0.15) is 16.8 Å². The SMILES string of the molecule is CNC.COC1=CC(F)C(C(CC=O)CN(C)c2nc(N3CC4(COC4)C3)ccc2OC)C(F)=C1.O=Cc1ccc(F)cc1.OCF. The van der Waals surface area contributed by atoms with Gasteiger partial charge in [0.1, 0.15) is 42.0 Å². The summed E-state index contributed by atoms with van der Waals surface area (Å²) in [5.74, 6) is -0.518. The molecule has 2 aromatic rings. The summed E-state index contributed by atoms with van der Waals surface area (Å²) < 4.78 is 67.3. The van der Waals surface area contributed by atoms with Crippen LogP contribution in [0.4, 0.5) is 29.2 Å². The second kappa shape index (κ2) is 19.6. The molecule has 0 bridgehead atoms. The predicted octanol–water partition coefficient (Wildman–Crippen LogP) is 4.30. The number of halogens is 4. The summed E-state index contributed by atoms with van der Waals surface area (Å²) in [5, 5.41) is 9.65. The van der Waals surface area contributed by atoms with Crippen molar-refractivity contribution >= 4 is 24.2 Å². The first-order valence-corrected chi connectivity index (χ1v) is 14.8. The van der Waals surface area contributed by atoms with Crippen molar-refractivity contribution < 1.29 is 46.5 Å². The summed E-state index contributed by atoms with van der Waals surface area (Å²) in [6, 6.07) is 9.12. The fourth-order valence-electron chi connectivity index (χ4n) is 5.28. The molecule has 3 unspecified atom stereocenters. The molecule has 2 saturated heterocycles. The second-order valence-electron chi connectivity index (χ2n) is 11.1. The van der Waals surface area contributed by atoms with Gasteiger partial charge in [0.25, 0.3) is 0 Å². The molecule has 260 valence electrons. The third kappa shape index (κ3) is 11.0. The molecular weight excluding hydrogens is 624 g/mol. The van der Waals surface area contributed by atoms with E-state index in [0.717, 1.165) is 32.1 Å². The Morgan fingerprint density at radius 3 is 2.21 bits per heavy atom. The van der Waals surface area contributed by atoms with E-state index in [-0.39, 0.29) is 30.0 Å². The number of carbonyl (C=O) groups is 2. The summed E-state index contributed by atoms with van der Waals surface area (Å²) >= 11 is 0. The molecule has 3 atom stereocenters. The van der Waals surface area contributed by atoms with Crippen LogP contribution in [0.3, 0.4) is 0 Å². The van der Waals surface area contributed by atoms with Crippen LogP contribution >= 0.6 is 0 Å². The minimum atomic E-state index is -1.59. The molecule has 3 heterocycles. The van der Waals surface area contributed by atoms with Crippen molar-refractivity contribution in [3.63, 3.8) is 0 Å². The zero-order valence-electron chi connectivity index (χ0n) is 27.3. The Balaban J connectivity index is 0.000000426. The van der Waals surface area contributed by atoms with Crippen molar-refractivity contribution in [1.82, 2.24) is 10.3 Å². The van der Waals surface area contributed by atoms with Crippen LogP contribution in [0.2, 0.25) is 0 Å². The van der Waals surface area contributed by atoms with E-state index in [1.807, 2.05) is 26.2 Å². The average Bonchev–Trinajstić information content (AvgIpc) is 3.01. The number of rotatable bonds is 10. The average molecular weight is 669 g/mol. The molecule has 10 nitrogen and oxygen atoms in total. The number of aliphatic hydroxyl groups excluding tert-OH is 1. The number of methoxy groups -OCH3 is 2. The van der Waals surface area contributed by atoms with Crippen LogP contribution in [-0.4, -0.2) is 104 Å². The molecular formula is C33H44F4N4O6. The molecule has 2 N–H and O–H groups in total. The minimum Gasteiger partial charge on any atom is -0.497 e. The molecule has 1 spiro atoms. The number of carbonyl (C=O) groups excluding carboxylic acids is 2. The maximum absolute atomic E-state index is 14.8. The fraction of sp³-hybridized carbons (Fsp3) is 0.485. The Kier molecular flexibility index (Phi) is 16.3. The maximum atomic E-state index is 14.8. The minimum absolute atomic E-state index is 0.0174. The lowest BCUT2D eigenvalue weighted by molar-refractivity contribution is -0.127. The summed E-state index contributed by atoms with van der Waals surface area (Å²) in [4.78, 5) is 30.1. The number of nitrogens with one attached hydrogen (secondary N) is 1. The van der Waals surface area contributed by atoms with Gasteiger partial charge in [-0.05, 0) is 62.5 Å². The molecule has 0 radical (unpaired) electrons. The molecule has 1 aromatic heterocycles. The smallest absolute Gasteiger partial charge is 0.185 e. The molecule has 5 rings (SSSR count). The van der Waals surface area contributed by atoms with Crippen LogP contribution in [0.15, 0.2) is 60.1 Å². The molecule has 14 heteroatoms. The van der Waals surface area contributed by atoms with Crippen LogP contribution in [0.5, 0.6) is 5.75 Å². The van der Waals surface area contributed by atoms with Crippen LogP contribution in [0.25, 0.3) is 0 Å². The number of hydrogen-bond donors (Lipinski definition) is 2. The normalized spacial score (nSPS) is 19.2. The molecule has 0 saturated carbocycles. The van der Waals surface area contributed by atoms with Crippen molar-refractivity contribution in [2.45, 2.75) is 12.6 Å². The number of hydrogen-bond acceptors (Lipinski definition) is 10. The number of anilines is 2. The first kappa shape index (κ1) is 39.2. The van der Waals surface area contributed by atoms with Gasteiger partial charge in [-0.15, -0.1) is 0 Å². The molecule has 1 aromatic carbocycles. The molecule has 0 amide bonds. The highest BCUT2D eigenvalue weighted by Gasteiger charge is 2.49. The number of alkyl halides is 2. The topological polar surface area (TPSA) is 113 Å². The van der Waals surface area contributed by atoms with E-state index >= 15 is 0 Å². The number of nitrogens with zero attached hydrogens (tertiary/aromatic N) is 3. The number of aromatic nitrogens is 1. The highest BCUT2D eigenvalue weighted by atomic mass is 19.1. The van der Waals surface area contributed by atoms with E-state index in [2.05, 4.69) is 10.2 Å². The molecule has 47 heavy (non-hydrogen) atoms. The van der Waals surface area contributed by atoms with Gasteiger partial charge >= 0.3 is 0 Å². The maximum Gasteiger partial charge on any atom is 0.185 e. The number of allylic oxidation sites excluding steroid dienone is 3. The largest absolute Gasteiger partial charge is 0.497 e. The standard InChI is InChI=1S/C23H29F2N3O4.C7H5FO.C2H7N.CH3FO/c1-27(10-15(6-7-29)21-17(24)8-16(30-2)9-18(21)25)22-19(31-3)4-5-20(26-22)28-11-23(12-28)13-32-14-23;8-7-3-1-6(5-9)2-4-7;1-3-2;2-1-3/h4-5,7-9,15,17,21H,6,10-14H2,1-3H3;1-5H;3H,1-2H3;3H,1H2. The van der Waals surface area contributed by atoms with Crippen LogP contribution in [-0.2, 0) is 14.3 Å². The third-order valence-electron chi connectivity index (χ3n) is 7.52. The first-order chi connectivity index (χ1) is 22.5. The van der Waals surface area contributed by atoms with E-state index < -0.39 is 30.7 Å². The summed E-state index contributed by atoms with van der Waals surface area (Å²) in [6.07, 6.45) is 2.24. The van der Waals surface area contributed by atoms with Crippen LogP contribution < -0.4 is 19.9 Å². The molecule has 3 aliphatic rings. The zero-order chi connectivity index (χ0) is 35.0. The summed E-state index contributed by atoms with van der Waals surface area (Å²) in [6.45, 7) is 2.32. The molecule has 1 aliphatic carbocycles. The van der Waals surface area contributed by atoms with Crippen molar-refractivity contribution in [3.05, 3.63) is 71.5 Å². The van der Waals surface area contributed by atoms with Crippen molar-refractivity contribution in [3.8, 4) is 5.75 Å². The van der Waals surface area contributed by atoms with Gasteiger partial charge in [0.15, 0.2) is 18.4 Å². The fourth-order valence-corrected chi connectivity index (χ4v) is 5.28. The lowest BCUT2D eigenvalue weighted by Crippen LogP contribution is -2.66. The van der Waals surface area contributed by atoms with Gasteiger partial charge in [0.05, 0.1) is 38.8 Å². The highest BCUT2D eigenvalue weighted by Crippen LogP contribution is 2.41. The van der Waals surface area contributed by atoms with Crippen molar-refractivity contribution in [2.75, 3.05) is 84.9 Å². The van der Waals surface area contributed by atoms with E-state index in [1.54, 1.807) is 19.1 Å². The van der Waals surface area contributed by atoms with E-state index in [1.165, 1.54) is 43.5 Å². The van der Waals surface area contributed by atoms with Crippen molar-refractivity contribution in [2.24, 2.45) is 17.3 Å². The zero-order valence-corrected chi connectivity index (χ0v) is 27.3. The lowest BCUT2D eigenvalue weighted by atomic mass is 9.78. The Labute approximate surface area is 273 Å². The summed E-state index contributed by atoms with van der Waals surface area (Å²) in [5.41, 5.74) is 0.745. The van der Waals surface area contributed by atoms with E-state index in [9.17, 15) is 27.2 Å². The Bertz CT molecular complexity index is 1320. The van der Waals surface area contributed by atoms with Gasteiger partial charge in [-0.1, -0.05) is 0 Å². The van der Waals surface area contributed by atoms with Gasteiger partial charge in [0.2, 0.25) is 0 Å². The Morgan fingerprint density at radius 1 is 1.13 bits per heavy atom. The number of pyridine rings is 1. The van der Waals surface area contributed by atoms with Gasteiger partial charge in [0, 0.05) is 44.7 Å². The number of aliphatic hydroxyl groups is 1. The quantitative estimate of drug-likeness (QED) is 0.281. The summed E-state index contributed by atoms with van der Waals surface area (Å²) in [7, 11) is 8.46. The second-order valence-corrected chi connectivity index (χ2v) is 11.1. The third-order valence-corrected chi connectivity index (χ3v) is 7.52. The van der Waals surface area contributed by atoms with Gasteiger partial charge in [-0.25, -0.2) is 22.5 Å². The number of ether oxygens (including phenoxy) is 3. The first-order valence-electron chi connectivity index (χ1n) is 14.8. The molecule has 2 fully saturated rings. The highest BCUT2D eigenvalue weighted by molar-refractivity contribution is 5.74. The van der Waals surface area contributed by atoms with Gasteiger partial charge in [-0.2, -0.15) is 0 Å². The van der Waals surface area contributed by atoms with Crippen molar-refractivity contribution in [1.29, 1.82) is 0 Å². The predicted molar refractivity (Wildman–Crippen MR) is 171 cm³/mol. The van der Waals surface area contributed by atoms with Gasteiger partial charge in [-0.3, -0.25) is 4.79 Å². The lowest BCUT2D eigenvalue weighted by Gasteiger charge is -2.55. The van der Waals surface area contributed by atoms with E-state index in [4.69, 9.17) is 24.3 Å². The van der Waals surface area contributed by atoms with E-state index in [0.29, 0.717) is 29.7 Å². The van der Waals surface area contributed by atoms with Gasteiger partial charge < -0.3 is 39.2 Å². The monoisotopic (exact) mass is 668 g/mol. The molecule has 2 aliphatic heterocycles. The number of aldehydes is 2. The Morgan fingerprint density at radius 2 is 1.74 bits per heavy atom. The van der Waals surface area contributed by atoms with Crippen LogP contribution in [0, 0.1) is 23.1 Å². The Hall–Kier alpha value is -4.01. The number of benzene rings is 1.